The van der Waals surface area contributed by atoms with E-state index in [4.69, 9.17) is 4.74 Å². The first-order chi connectivity index (χ1) is 7.78. The van der Waals surface area contributed by atoms with Crippen LogP contribution in [0.1, 0.15) is 31.7 Å². The molecule has 0 amide bonds. The smallest absolute Gasteiger partial charge is 0.212 e. The molecule has 0 aliphatic heterocycles. The van der Waals surface area contributed by atoms with Crippen LogP contribution in [-0.4, -0.2) is 18.6 Å². The van der Waals surface area contributed by atoms with E-state index in [9.17, 15) is 0 Å². The van der Waals surface area contributed by atoms with E-state index in [2.05, 4.69) is 23.3 Å². The van der Waals surface area contributed by atoms with Crippen molar-refractivity contribution in [1.82, 2.24) is 10.3 Å². The third kappa shape index (κ3) is 2.73. The topological polar surface area (TPSA) is 34.1 Å². The number of nitrogens with zero attached hydrogens (tertiary/aromatic N) is 1. The third-order valence-electron chi connectivity index (χ3n) is 3.54. The molecule has 1 aliphatic carbocycles. The Morgan fingerprint density at radius 2 is 2.25 bits per heavy atom. The first-order valence-corrected chi connectivity index (χ1v) is 5.98. The first-order valence-electron chi connectivity index (χ1n) is 5.98. The number of hydrogen-bond donors (Lipinski definition) is 1. The minimum absolute atomic E-state index is 0.611. The van der Waals surface area contributed by atoms with Gasteiger partial charge in [-0.1, -0.05) is 13.0 Å². The Balaban J connectivity index is 1.76. The molecule has 0 unspecified atom stereocenters. The second kappa shape index (κ2) is 4.83. The van der Waals surface area contributed by atoms with Crippen molar-refractivity contribution < 1.29 is 4.74 Å². The molecule has 1 aliphatic rings. The summed E-state index contributed by atoms with van der Waals surface area (Å²) in [7, 11) is 1.64. The van der Waals surface area contributed by atoms with E-state index in [-0.39, 0.29) is 0 Å². The number of methoxy groups -OCH3 is 1. The van der Waals surface area contributed by atoms with Crippen LogP contribution in [-0.2, 0) is 6.54 Å². The highest BCUT2D eigenvalue weighted by atomic mass is 16.5. The van der Waals surface area contributed by atoms with E-state index in [0.717, 1.165) is 13.1 Å². The monoisotopic (exact) mass is 220 g/mol. The van der Waals surface area contributed by atoms with Gasteiger partial charge in [0.05, 0.1) is 7.11 Å². The van der Waals surface area contributed by atoms with E-state index >= 15 is 0 Å². The summed E-state index contributed by atoms with van der Waals surface area (Å²) in [6.45, 7) is 4.32. The molecule has 3 nitrogen and oxygen atoms in total. The lowest BCUT2D eigenvalue weighted by Gasteiger charge is -2.13. The fourth-order valence-corrected chi connectivity index (χ4v) is 1.94. The van der Waals surface area contributed by atoms with Crippen LogP contribution in [0.2, 0.25) is 0 Å². The summed E-state index contributed by atoms with van der Waals surface area (Å²) in [6.07, 6.45) is 5.94. The lowest BCUT2D eigenvalue weighted by molar-refractivity contribution is 0.397. The van der Waals surface area contributed by atoms with Gasteiger partial charge in [0.25, 0.3) is 0 Å². The van der Waals surface area contributed by atoms with Crippen LogP contribution in [0.5, 0.6) is 5.88 Å². The van der Waals surface area contributed by atoms with Gasteiger partial charge in [-0.05, 0) is 30.2 Å². The van der Waals surface area contributed by atoms with Crippen molar-refractivity contribution in [1.29, 1.82) is 0 Å². The van der Waals surface area contributed by atoms with Crippen molar-refractivity contribution in [3.8, 4) is 5.88 Å². The van der Waals surface area contributed by atoms with Crippen LogP contribution >= 0.6 is 0 Å². The molecule has 0 aromatic carbocycles. The Labute approximate surface area is 97.2 Å². The molecule has 0 atom stereocenters. The van der Waals surface area contributed by atoms with Crippen molar-refractivity contribution in [3.63, 3.8) is 0 Å². The summed E-state index contributed by atoms with van der Waals surface area (Å²) in [6, 6.07) is 3.97. The molecule has 1 heterocycles. The van der Waals surface area contributed by atoms with Gasteiger partial charge in [0.1, 0.15) is 0 Å². The van der Waals surface area contributed by atoms with Crippen LogP contribution in [0.3, 0.4) is 0 Å². The normalized spacial score (nSPS) is 17.1. The van der Waals surface area contributed by atoms with Gasteiger partial charge in [0.15, 0.2) is 0 Å². The van der Waals surface area contributed by atoms with Crippen molar-refractivity contribution in [2.75, 3.05) is 13.7 Å². The summed E-state index contributed by atoms with van der Waals surface area (Å²) in [5, 5.41) is 3.51. The molecule has 1 aromatic rings. The Kier molecular flexibility index (Phi) is 3.44. The third-order valence-corrected chi connectivity index (χ3v) is 3.54. The van der Waals surface area contributed by atoms with Crippen LogP contribution < -0.4 is 10.1 Å². The molecule has 0 radical (unpaired) electrons. The standard InChI is InChI=1S/C13H20N2O/c1-3-13(6-7-13)10-14-8-11-4-5-12(16-2)15-9-11/h4-5,9,14H,3,6-8,10H2,1-2H3. The maximum Gasteiger partial charge on any atom is 0.212 e. The fraction of sp³-hybridized carbons (Fsp3) is 0.615. The zero-order valence-corrected chi connectivity index (χ0v) is 10.1. The van der Waals surface area contributed by atoms with Gasteiger partial charge in [-0.15, -0.1) is 0 Å². The SMILES string of the molecule is CCC1(CNCc2ccc(OC)nc2)CC1. The maximum atomic E-state index is 5.02. The fourth-order valence-electron chi connectivity index (χ4n) is 1.94. The lowest BCUT2D eigenvalue weighted by Crippen LogP contribution is -2.23. The summed E-state index contributed by atoms with van der Waals surface area (Å²) in [5.74, 6) is 0.677. The van der Waals surface area contributed by atoms with Crippen molar-refractivity contribution in [2.24, 2.45) is 5.41 Å². The average molecular weight is 220 g/mol. The molecule has 1 fully saturated rings. The van der Waals surface area contributed by atoms with Crippen molar-refractivity contribution >= 4 is 0 Å². The number of nitrogens with one attached hydrogen (secondary N) is 1. The predicted molar refractivity (Wildman–Crippen MR) is 64.5 cm³/mol. The molecule has 1 saturated carbocycles. The van der Waals surface area contributed by atoms with E-state index in [1.54, 1.807) is 7.11 Å². The first kappa shape index (κ1) is 11.4. The van der Waals surface area contributed by atoms with Crippen LogP contribution in [0, 0.1) is 5.41 Å². The van der Waals surface area contributed by atoms with Crippen LogP contribution in [0.25, 0.3) is 0 Å². The van der Waals surface area contributed by atoms with Crippen LogP contribution in [0.15, 0.2) is 18.3 Å². The highest BCUT2D eigenvalue weighted by Gasteiger charge is 2.39. The minimum atomic E-state index is 0.611. The molecule has 1 N–H and O–H groups in total. The van der Waals surface area contributed by atoms with Crippen molar-refractivity contribution in [2.45, 2.75) is 32.7 Å². The van der Waals surface area contributed by atoms with Crippen LogP contribution in [0.4, 0.5) is 0 Å². The van der Waals surface area contributed by atoms with Gasteiger partial charge in [-0.2, -0.15) is 0 Å². The summed E-state index contributed by atoms with van der Waals surface area (Å²) in [4.78, 5) is 4.19. The van der Waals surface area contributed by atoms with Gasteiger partial charge >= 0.3 is 0 Å². The quantitative estimate of drug-likeness (QED) is 0.799. The molecule has 0 bridgehead atoms. The minimum Gasteiger partial charge on any atom is -0.481 e. The molecule has 88 valence electrons. The molecule has 3 heteroatoms. The summed E-state index contributed by atoms with van der Waals surface area (Å²) in [5.41, 5.74) is 1.83. The number of pyridine rings is 1. The number of aromatic nitrogens is 1. The molecular weight excluding hydrogens is 200 g/mol. The number of rotatable bonds is 6. The highest BCUT2D eigenvalue weighted by molar-refractivity contribution is 5.17. The molecule has 0 saturated heterocycles. The predicted octanol–water partition coefficient (Wildman–Crippen LogP) is 2.37. The molecule has 0 spiro atoms. The Hall–Kier alpha value is -1.09. The van der Waals surface area contributed by atoms with Gasteiger partial charge in [-0.25, -0.2) is 4.98 Å². The zero-order chi connectivity index (χ0) is 11.4. The maximum absolute atomic E-state index is 5.02. The second-order valence-corrected chi connectivity index (χ2v) is 4.67. The highest BCUT2D eigenvalue weighted by Crippen LogP contribution is 2.47. The van der Waals surface area contributed by atoms with E-state index in [1.807, 2.05) is 12.3 Å². The Morgan fingerprint density at radius 1 is 1.44 bits per heavy atom. The van der Waals surface area contributed by atoms with Gasteiger partial charge in [0, 0.05) is 25.4 Å². The zero-order valence-electron chi connectivity index (χ0n) is 10.1. The van der Waals surface area contributed by atoms with E-state index in [0.29, 0.717) is 11.3 Å². The van der Waals surface area contributed by atoms with Gasteiger partial charge < -0.3 is 10.1 Å². The average Bonchev–Trinajstić information content (AvgIpc) is 3.11. The molecular formula is C13H20N2O. The van der Waals surface area contributed by atoms with E-state index < -0.39 is 0 Å². The number of ether oxygens (including phenoxy) is 1. The lowest BCUT2D eigenvalue weighted by atomic mass is 10.0. The number of hydrogen-bond acceptors (Lipinski definition) is 3. The van der Waals surface area contributed by atoms with Crippen molar-refractivity contribution in [3.05, 3.63) is 23.9 Å². The summed E-state index contributed by atoms with van der Waals surface area (Å²) < 4.78 is 5.02. The second-order valence-electron chi connectivity index (χ2n) is 4.67. The van der Waals surface area contributed by atoms with Gasteiger partial charge in [0.2, 0.25) is 5.88 Å². The Bertz CT molecular complexity index is 330. The molecule has 2 rings (SSSR count). The largest absolute Gasteiger partial charge is 0.481 e. The van der Waals surface area contributed by atoms with E-state index in [1.165, 1.54) is 24.8 Å². The Morgan fingerprint density at radius 3 is 2.75 bits per heavy atom. The summed E-state index contributed by atoms with van der Waals surface area (Å²) >= 11 is 0. The molecule has 16 heavy (non-hydrogen) atoms. The van der Waals surface area contributed by atoms with Gasteiger partial charge in [-0.3, -0.25) is 0 Å². The molecule has 1 aromatic heterocycles.